The Balaban J connectivity index is 1.30. The topological polar surface area (TPSA) is 92.6 Å². The Morgan fingerprint density at radius 2 is 1.97 bits per heavy atom. The molecule has 1 N–H and O–H groups in total. The summed E-state index contributed by atoms with van der Waals surface area (Å²) >= 11 is 0. The van der Waals surface area contributed by atoms with Crippen LogP contribution in [0.25, 0.3) is 17.2 Å². The molecule has 11 heteroatoms. The van der Waals surface area contributed by atoms with Gasteiger partial charge in [-0.2, -0.15) is 0 Å². The average Bonchev–Trinajstić information content (AvgIpc) is 3.57. The quantitative estimate of drug-likeness (QED) is 0.586. The summed E-state index contributed by atoms with van der Waals surface area (Å²) in [5, 5.41) is 3.19. The van der Waals surface area contributed by atoms with Gasteiger partial charge in [0.2, 0.25) is 6.36 Å². The molecule has 0 saturated carbocycles. The first-order valence-electron chi connectivity index (χ1n) is 11.5. The highest BCUT2D eigenvalue weighted by Crippen LogP contribution is 2.44. The van der Waals surface area contributed by atoms with Crippen LogP contribution < -0.4 is 5.32 Å². The van der Waals surface area contributed by atoms with Crippen LogP contribution in [0.4, 0.5) is 14.6 Å². The Kier molecular flexibility index (Phi) is 5.52. The molecule has 0 bridgehead atoms. The molecule has 0 spiro atoms. The van der Waals surface area contributed by atoms with E-state index in [0.717, 1.165) is 0 Å². The fraction of sp³-hybridized carbons (Fsp3) is 0.458. The summed E-state index contributed by atoms with van der Waals surface area (Å²) in [6.07, 6.45) is 3.53. The van der Waals surface area contributed by atoms with Crippen molar-refractivity contribution in [2.75, 3.05) is 11.9 Å². The molecule has 184 valence electrons. The van der Waals surface area contributed by atoms with Crippen molar-refractivity contribution in [2.45, 2.75) is 63.0 Å². The molecule has 2 unspecified atom stereocenters. The van der Waals surface area contributed by atoms with E-state index >= 15 is 0 Å². The molecule has 5 heterocycles. The first kappa shape index (κ1) is 22.5. The Hall–Kier alpha value is -2.99. The van der Waals surface area contributed by atoms with Crippen molar-refractivity contribution in [3.8, 4) is 0 Å². The summed E-state index contributed by atoms with van der Waals surface area (Å²) in [6, 6.07) is 6.32. The molecule has 0 aliphatic carbocycles. The number of hydrogen-bond donors (Lipinski definition) is 1. The van der Waals surface area contributed by atoms with Crippen LogP contribution in [0.3, 0.4) is 0 Å². The Morgan fingerprint density at radius 1 is 1.14 bits per heavy atom. The number of halogens is 2. The lowest BCUT2D eigenvalue weighted by Crippen LogP contribution is -2.28. The van der Waals surface area contributed by atoms with E-state index in [1.165, 1.54) is 12.4 Å². The zero-order chi connectivity index (χ0) is 24.2. The molecular weight excluding hydrogens is 460 g/mol. The summed E-state index contributed by atoms with van der Waals surface area (Å²) < 4.78 is 53.0. The molecule has 3 aromatic rings. The lowest BCUT2D eigenvalue weighted by atomic mass is 10.1. The maximum Gasteiger partial charge on any atom is 0.200 e. The zero-order valence-corrected chi connectivity index (χ0v) is 19.2. The monoisotopic (exact) mass is 485 g/mol. The molecule has 3 fully saturated rings. The molecule has 3 saturated heterocycles. The van der Waals surface area contributed by atoms with Crippen molar-refractivity contribution in [1.29, 1.82) is 0 Å². The van der Waals surface area contributed by atoms with Gasteiger partial charge in [-0.15, -0.1) is 0 Å². The minimum absolute atomic E-state index is 0.208. The van der Waals surface area contributed by atoms with Crippen molar-refractivity contribution >= 4 is 23.1 Å². The van der Waals surface area contributed by atoms with Crippen LogP contribution in [0.1, 0.15) is 32.1 Å². The number of anilines is 1. The lowest BCUT2D eigenvalue weighted by molar-refractivity contribution is -0.191. The van der Waals surface area contributed by atoms with E-state index < -0.39 is 36.7 Å². The van der Waals surface area contributed by atoms with Crippen LogP contribution in [0.2, 0.25) is 0 Å². The van der Waals surface area contributed by atoms with Gasteiger partial charge in [-0.25, -0.2) is 23.7 Å². The summed E-state index contributed by atoms with van der Waals surface area (Å²) in [6.45, 7) is 3.94. The fourth-order valence-electron chi connectivity index (χ4n) is 4.81. The van der Waals surface area contributed by atoms with Gasteiger partial charge in [0.1, 0.15) is 30.5 Å². The Labute approximate surface area is 200 Å². The second-order valence-corrected chi connectivity index (χ2v) is 9.30. The molecule has 6 atom stereocenters. The number of aromatic nitrogens is 4. The van der Waals surface area contributed by atoms with Gasteiger partial charge < -0.3 is 24.3 Å². The molecule has 9 nitrogen and oxygen atoms in total. The number of alkyl halides is 1. The zero-order valence-electron chi connectivity index (χ0n) is 19.2. The molecule has 6 rings (SSSR count). The second-order valence-electron chi connectivity index (χ2n) is 9.30. The van der Waals surface area contributed by atoms with E-state index in [4.69, 9.17) is 18.9 Å². The Morgan fingerprint density at radius 3 is 2.77 bits per heavy atom. The van der Waals surface area contributed by atoms with E-state index in [1.54, 1.807) is 41.2 Å². The third-order valence-corrected chi connectivity index (χ3v) is 6.36. The molecule has 0 amide bonds. The molecule has 2 aromatic heterocycles. The van der Waals surface area contributed by atoms with Crippen LogP contribution in [-0.2, 0) is 18.9 Å². The molecular formula is C24H25F2N5O4. The molecule has 3 aliphatic rings. The van der Waals surface area contributed by atoms with Crippen LogP contribution in [0.15, 0.2) is 43.0 Å². The van der Waals surface area contributed by atoms with Crippen LogP contribution in [0, 0.1) is 5.82 Å². The molecule has 1 aromatic carbocycles. The number of imidazole rings is 1. The minimum Gasteiger partial charge on any atom is -0.363 e. The van der Waals surface area contributed by atoms with Crippen molar-refractivity contribution in [3.05, 3.63) is 54.4 Å². The maximum absolute atomic E-state index is 14.1. The van der Waals surface area contributed by atoms with Crippen LogP contribution >= 0.6 is 0 Å². The fourth-order valence-corrected chi connectivity index (χ4v) is 4.81. The minimum atomic E-state index is -1.29. The van der Waals surface area contributed by atoms with E-state index in [2.05, 4.69) is 20.3 Å². The first-order chi connectivity index (χ1) is 16.9. The number of rotatable bonds is 5. The number of nitrogens with zero attached hydrogens (tertiary/aromatic N) is 4. The van der Waals surface area contributed by atoms with Crippen molar-refractivity contribution in [2.24, 2.45) is 0 Å². The van der Waals surface area contributed by atoms with Crippen LogP contribution in [-0.4, -0.2) is 62.6 Å². The first-order valence-corrected chi connectivity index (χ1v) is 11.5. The number of ether oxygens (including phenoxy) is 4. The smallest absolute Gasteiger partial charge is 0.200 e. The maximum atomic E-state index is 14.1. The van der Waals surface area contributed by atoms with Gasteiger partial charge >= 0.3 is 0 Å². The number of nitrogens with one attached hydrogen (secondary N) is 1. The van der Waals surface area contributed by atoms with E-state index in [0.29, 0.717) is 22.5 Å². The van der Waals surface area contributed by atoms with Gasteiger partial charge in [-0.3, -0.25) is 4.57 Å². The predicted molar refractivity (Wildman–Crippen MR) is 121 cm³/mol. The van der Waals surface area contributed by atoms with Gasteiger partial charge in [0.15, 0.2) is 29.0 Å². The largest absolute Gasteiger partial charge is 0.363 e. The van der Waals surface area contributed by atoms with Gasteiger partial charge in [-0.1, -0.05) is 30.4 Å². The SMILES string of the molecule is CC1(C)O[C@H]2[C@H](O1)[C@@H](C=Cc1ccccc1F)O[C@H]2n1cnc2c(NC3COC(F)C3)ncnc21. The Bertz CT molecular complexity index is 1270. The number of hydrogen-bond acceptors (Lipinski definition) is 8. The van der Waals surface area contributed by atoms with Gasteiger partial charge in [0.05, 0.1) is 19.0 Å². The highest BCUT2D eigenvalue weighted by atomic mass is 19.1. The third-order valence-electron chi connectivity index (χ3n) is 6.36. The highest BCUT2D eigenvalue weighted by molar-refractivity contribution is 5.82. The summed E-state index contributed by atoms with van der Waals surface area (Å²) in [4.78, 5) is 13.2. The number of fused-ring (bicyclic) bond motifs is 2. The van der Waals surface area contributed by atoms with Crippen molar-refractivity contribution in [3.63, 3.8) is 0 Å². The van der Waals surface area contributed by atoms with E-state index in [9.17, 15) is 8.78 Å². The van der Waals surface area contributed by atoms with Gasteiger partial charge in [0.25, 0.3) is 0 Å². The second kappa shape index (κ2) is 8.59. The van der Waals surface area contributed by atoms with Gasteiger partial charge in [0, 0.05) is 12.0 Å². The van der Waals surface area contributed by atoms with E-state index in [1.807, 2.05) is 13.8 Å². The number of benzene rings is 1. The highest BCUT2D eigenvalue weighted by Gasteiger charge is 2.55. The van der Waals surface area contributed by atoms with Crippen molar-refractivity contribution in [1.82, 2.24) is 19.5 Å². The third kappa shape index (κ3) is 4.18. The normalized spacial score (nSPS) is 32.0. The summed E-state index contributed by atoms with van der Waals surface area (Å²) in [5.41, 5.74) is 1.52. The summed E-state index contributed by atoms with van der Waals surface area (Å²) in [5.74, 6) is -0.640. The van der Waals surface area contributed by atoms with Gasteiger partial charge in [-0.05, 0) is 19.9 Å². The molecule has 3 aliphatic heterocycles. The molecule has 35 heavy (non-hydrogen) atoms. The van der Waals surface area contributed by atoms with Crippen LogP contribution in [0.5, 0.6) is 0 Å². The predicted octanol–water partition coefficient (Wildman–Crippen LogP) is 3.59. The average molecular weight is 485 g/mol. The standard InChI is InChI=1S/C24H25F2N5O4/c1-24(2)34-19-16(8-7-13-5-3-4-6-15(13)25)33-23(20(19)35-24)31-12-29-18-21(27-11-28-22(18)31)30-14-9-17(26)32-10-14/h3-8,11-12,14,16-17,19-20,23H,9-10H2,1-2H3,(H,27,28,30)/t14?,16-,17?,19-,20+,23-/m1/s1. The summed E-state index contributed by atoms with van der Waals surface area (Å²) in [7, 11) is 0. The lowest BCUT2D eigenvalue weighted by Gasteiger charge is -2.24. The van der Waals surface area contributed by atoms with Crippen molar-refractivity contribution < 1.29 is 27.7 Å². The van der Waals surface area contributed by atoms with E-state index in [-0.39, 0.29) is 24.9 Å². The molecule has 0 radical (unpaired) electrons.